The standard InChI is InChI=1S/C23H20Cl4N2O3S/c1-15(16-2-5-18(24)6-3-16)28-23(30)14-29(13-17-4-7-20(26)12-22(17)27)33(31,32)21-10-8-19(25)9-11-21/h2-12,15H,13-14H2,1H3,(H,28,30)/t15-/m0/s1. The van der Waals surface area contributed by atoms with Crippen LogP contribution in [-0.2, 0) is 21.4 Å². The molecule has 0 aromatic heterocycles. The highest BCUT2D eigenvalue weighted by Crippen LogP contribution is 2.26. The van der Waals surface area contributed by atoms with E-state index in [4.69, 9.17) is 46.4 Å². The summed E-state index contributed by atoms with van der Waals surface area (Å²) >= 11 is 24.1. The fourth-order valence-electron chi connectivity index (χ4n) is 3.10. The van der Waals surface area contributed by atoms with Gasteiger partial charge in [0.1, 0.15) is 0 Å². The minimum atomic E-state index is -4.04. The average Bonchev–Trinajstić information content (AvgIpc) is 2.75. The molecule has 3 rings (SSSR count). The Morgan fingerprint density at radius 1 is 0.879 bits per heavy atom. The molecule has 5 nitrogen and oxygen atoms in total. The smallest absolute Gasteiger partial charge is 0.243 e. The number of hydrogen-bond donors (Lipinski definition) is 1. The first-order chi connectivity index (χ1) is 15.6. The third-order valence-electron chi connectivity index (χ3n) is 4.88. The maximum Gasteiger partial charge on any atom is 0.243 e. The van der Waals surface area contributed by atoms with E-state index >= 15 is 0 Å². The number of nitrogens with one attached hydrogen (secondary N) is 1. The summed E-state index contributed by atoms with van der Waals surface area (Å²) in [6.07, 6.45) is 0. The van der Waals surface area contributed by atoms with E-state index < -0.39 is 22.5 Å². The van der Waals surface area contributed by atoms with Gasteiger partial charge in [0.15, 0.2) is 0 Å². The average molecular weight is 546 g/mol. The summed E-state index contributed by atoms with van der Waals surface area (Å²) in [7, 11) is -4.04. The molecule has 0 bridgehead atoms. The Bertz CT molecular complexity index is 1230. The number of nitrogens with zero attached hydrogens (tertiary/aromatic N) is 1. The molecule has 0 aliphatic heterocycles. The Balaban J connectivity index is 1.86. The van der Waals surface area contributed by atoms with Crippen LogP contribution in [0.1, 0.15) is 24.1 Å². The molecule has 174 valence electrons. The van der Waals surface area contributed by atoms with Gasteiger partial charge in [0.25, 0.3) is 0 Å². The Labute approximate surface area is 213 Å². The zero-order valence-electron chi connectivity index (χ0n) is 17.4. The van der Waals surface area contributed by atoms with Crippen molar-refractivity contribution in [1.82, 2.24) is 9.62 Å². The van der Waals surface area contributed by atoms with E-state index in [0.29, 0.717) is 25.7 Å². The van der Waals surface area contributed by atoms with Gasteiger partial charge in [-0.25, -0.2) is 8.42 Å². The molecule has 33 heavy (non-hydrogen) atoms. The van der Waals surface area contributed by atoms with Crippen molar-refractivity contribution in [3.05, 3.63) is 97.9 Å². The number of amides is 1. The molecule has 1 amide bonds. The summed E-state index contributed by atoms with van der Waals surface area (Å²) in [5.74, 6) is -0.472. The topological polar surface area (TPSA) is 66.5 Å². The Morgan fingerprint density at radius 2 is 1.42 bits per heavy atom. The molecule has 0 aliphatic rings. The molecule has 0 spiro atoms. The highest BCUT2D eigenvalue weighted by Gasteiger charge is 2.28. The summed E-state index contributed by atoms with van der Waals surface area (Å²) in [5, 5.41) is 4.53. The first kappa shape index (κ1) is 25.8. The Hall–Kier alpha value is -1.80. The molecule has 0 saturated heterocycles. The van der Waals surface area contributed by atoms with E-state index in [1.165, 1.54) is 30.3 Å². The van der Waals surface area contributed by atoms with Crippen molar-refractivity contribution < 1.29 is 13.2 Å². The van der Waals surface area contributed by atoms with Crippen LogP contribution in [0.15, 0.2) is 71.6 Å². The quantitative estimate of drug-likeness (QED) is 0.357. The molecule has 1 atom stereocenters. The zero-order chi connectivity index (χ0) is 24.2. The van der Waals surface area contributed by atoms with E-state index in [0.717, 1.165) is 9.87 Å². The highest BCUT2D eigenvalue weighted by atomic mass is 35.5. The molecule has 0 radical (unpaired) electrons. The summed E-state index contributed by atoms with van der Waals surface area (Å²) in [5.41, 5.74) is 1.35. The molecule has 0 unspecified atom stereocenters. The zero-order valence-corrected chi connectivity index (χ0v) is 21.3. The summed E-state index contributed by atoms with van der Waals surface area (Å²) in [6, 6.07) is 17.2. The predicted molar refractivity (Wildman–Crippen MR) is 134 cm³/mol. The number of sulfonamides is 1. The van der Waals surface area contributed by atoms with Crippen molar-refractivity contribution >= 4 is 62.3 Å². The maximum atomic E-state index is 13.4. The van der Waals surface area contributed by atoms with E-state index in [9.17, 15) is 13.2 Å². The van der Waals surface area contributed by atoms with Gasteiger partial charge in [-0.05, 0) is 66.6 Å². The van der Waals surface area contributed by atoms with Gasteiger partial charge < -0.3 is 5.32 Å². The third kappa shape index (κ3) is 6.85. The van der Waals surface area contributed by atoms with Gasteiger partial charge in [-0.2, -0.15) is 4.31 Å². The monoisotopic (exact) mass is 544 g/mol. The molecule has 1 N–H and O–H groups in total. The van der Waals surface area contributed by atoms with Crippen LogP contribution in [0.5, 0.6) is 0 Å². The van der Waals surface area contributed by atoms with Crippen molar-refractivity contribution in [2.24, 2.45) is 0 Å². The van der Waals surface area contributed by atoms with E-state index in [1.54, 1.807) is 43.3 Å². The number of hydrogen-bond acceptors (Lipinski definition) is 3. The lowest BCUT2D eigenvalue weighted by Gasteiger charge is -2.24. The molecule has 3 aromatic carbocycles. The van der Waals surface area contributed by atoms with Gasteiger partial charge in [0.2, 0.25) is 15.9 Å². The maximum absolute atomic E-state index is 13.4. The molecular weight excluding hydrogens is 526 g/mol. The second-order valence-corrected chi connectivity index (χ2v) is 11.0. The highest BCUT2D eigenvalue weighted by molar-refractivity contribution is 7.89. The molecular formula is C23H20Cl4N2O3S. The van der Waals surface area contributed by atoms with Crippen LogP contribution in [0.2, 0.25) is 20.1 Å². The van der Waals surface area contributed by atoms with E-state index in [-0.39, 0.29) is 17.5 Å². The van der Waals surface area contributed by atoms with E-state index in [1.807, 2.05) is 0 Å². The lowest BCUT2D eigenvalue weighted by molar-refractivity contribution is -0.122. The predicted octanol–water partition coefficient (Wildman–Crippen LogP) is 6.37. The first-order valence-corrected chi connectivity index (χ1v) is 12.8. The molecule has 0 saturated carbocycles. The Kier molecular flexibility index (Phi) is 8.67. The number of carbonyl (C=O) groups excluding carboxylic acids is 1. The number of carbonyl (C=O) groups is 1. The van der Waals surface area contributed by atoms with Crippen LogP contribution in [-0.4, -0.2) is 25.2 Å². The van der Waals surface area contributed by atoms with Gasteiger partial charge in [-0.3, -0.25) is 4.79 Å². The van der Waals surface area contributed by atoms with Gasteiger partial charge in [-0.15, -0.1) is 0 Å². The summed E-state index contributed by atoms with van der Waals surface area (Å²) in [4.78, 5) is 12.9. The van der Waals surface area contributed by atoms with Crippen molar-refractivity contribution in [3.8, 4) is 0 Å². The lowest BCUT2D eigenvalue weighted by atomic mass is 10.1. The van der Waals surface area contributed by atoms with Gasteiger partial charge in [0, 0.05) is 26.6 Å². The van der Waals surface area contributed by atoms with Gasteiger partial charge >= 0.3 is 0 Å². The SMILES string of the molecule is C[C@H](NC(=O)CN(Cc1ccc(Cl)cc1Cl)S(=O)(=O)c1ccc(Cl)cc1)c1ccc(Cl)cc1. The van der Waals surface area contributed by atoms with Crippen LogP contribution in [0.4, 0.5) is 0 Å². The fraction of sp³-hybridized carbons (Fsp3) is 0.174. The second kappa shape index (κ2) is 11.1. The Morgan fingerprint density at radius 3 is 2.00 bits per heavy atom. The lowest BCUT2D eigenvalue weighted by Crippen LogP contribution is -2.41. The van der Waals surface area contributed by atoms with Crippen LogP contribution < -0.4 is 5.32 Å². The fourth-order valence-corrected chi connectivity index (χ4v) is 5.20. The second-order valence-electron chi connectivity index (χ2n) is 7.30. The van der Waals surface area contributed by atoms with Crippen LogP contribution in [0, 0.1) is 0 Å². The normalized spacial score (nSPS) is 12.5. The van der Waals surface area contributed by atoms with Crippen molar-refractivity contribution in [3.63, 3.8) is 0 Å². The minimum absolute atomic E-state index is 0.00976. The summed E-state index contributed by atoms with van der Waals surface area (Å²) in [6.45, 7) is 1.26. The first-order valence-electron chi connectivity index (χ1n) is 9.81. The minimum Gasteiger partial charge on any atom is -0.348 e. The van der Waals surface area contributed by atoms with Crippen LogP contribution in [0.3, 0.4) is 0 Å². The summed E-state index contributed by atoms with van der Waals surface area (Å²) < 4.78 is 27.8. The third-order valence-corrected chi connectivity index (χ3v) is 7.78. The number of benzene rings is 3. The molecule has 3 aromatic rings. The largest absolute Gasteiger partial charge is 0.348 e. The van der Waals surface area contributed by atoms with Crippen molar-refractivity contribution in [1.29, 1.82) is 0 Å². The van der Waals surface area contributed by atoms with E-state index in [2.05, 4.69) is 5.32 Å². The number of halogens is 4. The van der Waals surface area contributed by atoms with Crippen LogP contribution >= 0.6 is 46.4 Å². The van der Waals surface area contributed by atoms with Crippen LogP contribution in [0.25, 0.3) is 0 Å². The molecule has 0 heterocycles. The number of rotatable bonds is 8. The van der Waals surface area contributed by atoms with Crippen molar-refractivity contribution in [2.75, 3.05) is 6.54 Å². The molecule has 10 heteroatoms. The molecule has 0 fully saturated rings. The van der Waals surface area contributed by atoms with Gasteiger partial charge in [0.05, 0.1) is 17.5 Å². The van der Waals surface area contributed by atoms with Gasteiger partial charge in [-0.1, -0.05) is 64.6 Å². The van der Waals surface area contributed by atoms with Crippen molar-refractivity contribution in [2.45, 2.75) is 24.4 Å². The molecule has 0 aliphatic carbocycles.